The van der Waals surface area contributed by atoms with Crippen LogP contribution in [0.1, 0.15) is 24.2 Å². The van der Waals surface area contributed by atoms with Gasteiger partial charge >= 0.3 is 5.97 Å². The molecule has 0 spiro atoms. The summed E-state index contributed by atoms with van der Waals surface area (Å²) >= 11 is 0. The summed E-state index contributed by atoms with van der Waals surface area (Å²) in [5, 5.41) is 0. The van der Waals surface area contributed by atoms with Gasteiger partial charge in [0.25, 0.3) is 0 Å². The largest absolute Gasteiger partial charge is 0.362 e. The van der Waals surface area contributed by atoms with Crippen molar-refractivity contribution in [1.82, 2.24) is 10.4 Å². The molecule has 1 aliphatic heterocycles. The molecule has 2 unspecified atom stereocenters. The number of carbonyl (C=O) groups excluding carboxylic acids is 1. The molecular weight excluding hydrogens is 240 g/mol. The summed E-state index contributed by atoms with van der Waals surface area (Å²) in [7, 11) is 2.09. The van der Waals surface area contributed by atoms with Crippen molar-refractivity contribution >= 4 is 5.97 Å². The van der Waals surface area contributed by atoms with E-state index in [1.807, 2.05) is 18.2 Å². The molecule has 1 aromatic carbocycles. The third-order valence-electron chi connectivity index (χ3n) is 3.48. The molecule has 0 saturated heterocycles. The zero-order chi connectivity index (χ0) is 13.8. The van der Waals surface area contributed by atoms with Gasteiger partial charge in [-0.1, -0.05) is 25.1 Å². The predicted molar refractivity (Wildman–Crippen MR) is 74.3 cm³/mol. The molecule has 1 aliphatic rings. The van der Waals surface area contributed by atoms with Crippen molar-refractivity contribution in [2.24, 2.45) is 5.92 Å². The van der Waals surface area contributed by atoms with Gasteiger partial charge in [-0.15, -0.1) is 0 Å². The first-order valence-electron chi connectivity index (χ1n) is 6.52. The molecule has 2 atom stereocenters. The Balaban J connectivity index is 1.96. The molecule has 4 heteroatoms. The Hall–Kier alpha value is -1.81. The zero-order valence-electron chi connectivity index (χ0n) is 11.6. The predicted octanol–water partition coefficient (Wildman–Crippen LogP) is 2.20. The van der Waals surface area contributed by atoms with Crippen LogP contribution in [-0.4, -0.2) is 30.5 Å². The molecule has 2 rings (SSSR count). The number of hydrogen-bond donors (Lipinski definition) is 1. The van der Waals surface area contributed by atoms with Gasteiger partial charge in [0.05, 0.1) is 11.3 Å². The Kier molecular flexibility index (Phi) is 4.22. The highest BCUT2D eigenvalue weighted by Crippen LogP contribution is 2.18. The summed E-state index contributed by atoms with van der Waals surface area (Å²) in [6.45, 7) is 5.17. The normalized spacial score (nSPS) is 23.6. The summed E-state index contributed by atoms with van der Waals surface area (Å²) in [4.78, 5) is 19.2. The SMILES string of the molecule is CC1CN(C)C(C)C=C1NOC(=O)c1ccccc1. The van der Waals surface area contributed by atoms with E-state index in [4.69, 9.17) is 4.84 Å². The minimum Gasteiger partial charge on any atom is -0.338 e. The summed E-state index contributed by atoms with van der Waals surface area (Å²) in [5.41, 5.74) is 4.32. The van der Waals surface area contributed by atoms with Crippen LogP contribution in [0.2, 0.25) is 0 Å². The lowest BCUT2D eigenvalue weighted by Gasteiger charge is -2.32. The van der Waals surface area contributed by atoms with Crippen molar-refractivity contribution < 1.29 is 9.63 Å². The third-order valence-corrected chi connectivity index (χ3v) is 3.48. The highest BCUT2D eigenvalue weighted by molar-refractivity contribution is 5.89. The van der Waals surface area contributed by atoms with Crippen molar-refractivity contribution in [2.45, 2.75) is 19.9 Å². The van der Waals surface area contributed by atoms with Crippen LogP contribution in [-0.2, 0) is 4.84 Å². The fourth-order valence-corrected chi connectivity index (χ4v) is 2.12. The van der Waals surface area contributed by atoms with E-state index in [2.05, 4.69) is 37.4 Å². The van der Waals surface area contributed by atoms with Crippen LogP contribution in [0.25, 0.3) is 0 Å². The van der Waals surface area contributed by atoms with Crippen LogP contribution >= 0.6 is 0 Å². The number of nitrogens with one attached hydrogen (secondary N) is 1. The minimum absolute atomic E-state index is 0.324. The van der Waals surface area contributed by atoms with Crippen LogP contribution in [0.4, 0.5) is 0 Å². The maximum atomic E-state index is 11.8. The first-order chi connectivity index (χ1) is 9.08. The van der Waals surface area contributed by atoms with E-state index in [1.165, 1.54) is 0 Å². The van der Waals surface area contributed by atoms with Gasteiger partial charge in [0.1, 0.15) is 0 Å². The van der Waals surface area contributed by atoms with Crippen molar-refractivity contribution in [3.63, 3.8) is 0 Å². The molecule has 19 heavy (non-hydrogen) atoms. The molecular formula is C15H20N2O2. The van der Waals surface area contributed by atoms with Crippen molar-refractivity contribution in [1.29, 1.82) is 0 Å². The second kappa shape index (κ2) is 5.89. The smallest absolute Gasteiger partial charge is 0.338 e. The molecule has 102 valence electrons. The summed E-state index contributed by atoms with van der Waals surface area (Å²) in [5.74, 6) is -0.0370. The van der Waals surface area contributed by atoms with E-state index in [1.54, 1.807) is 12.1 Å². The number of carbonyl (C=O) groups is 1. The Bertz CT molecular complexity index is 470. The van der Waals surface area contributed by atoms with Gasteiger partial charge in [-0.25, -0.2) is 10.3 Å². The number of nitrogens with zero attached hydrogens (tertiary/aromatic N) is 1. The van der Waals surface area contributed by atoms with Gasteiger partial charge in [0, 0.05) is 18.5 Å². The zero-order valence-corrected chi connectivity index (χ0v) is 11.6. The minimum atomic E-state index is -0.361. The van der Waals surface area contributed by atoms with E-state index < -0.39 is 0 Å². The van der Waals surface area contributed by atoms with E-state index in [9.17, 15) is 4.79 Å². The van der Waals surface area contributed by atoms with Gasteiger partial charge < -0.3 is 4.84 Å². The fraction of sp³-hybridized carbons (Fsp3) is 0.400. The van der Waals surface area contributed by atoms with E-state index in [0.29, 0.717) is 17.5 Å². The summed E-state index contributed by atoms with van der Waals surface area (Å²) < 4.78 is 0. The maximum absolute atomic E-state index is 11.8. The molecule has 0 bridgehead atoms. The van der Waals surface area contributed by atoms with E-state index >= 15 is 0 Å². The highest BCUT2D eigenvalue weighted by atomic mass is 16.7. The molecule has 0 aliphatic carbocycles. The number of hydroxylamine groups is 1. The lowest BCUT2D eigenvalue weighted by atomic mass is 10.0. The first-order valence-corrected chi connectivity index (χ1v) is 6.52. The van der Waals surface area contributed by atoms with Crippen LogP contribution in [0.15, 0.2) is 42.1 Å². The number of rotatable bonds is 3. The quantitative estimate of drug-likeness (QED) is 0.846. The molecule has 1 aromatic rings. The second-order valence-corrected chi connectivity index (χ2v) is 5.06. The average molecular weight is 260 g/mol. The van der Waals surface area contributed by atoms with E-state index in [-0.39, 0.29) is 5.97 Å². The maximum Gasteiger partial charge on any atom is 0.362 e. The van der Waals surface area contributed by atoms with Crippen molar-refractivity contribution in [3.8, 4) is 0 Å². The molecule has 0 fully saturated rings. The molecule has 0 amide bonds. The Morgan fingerprint density at radius 1 is 1.32 bits per heavy atom. The number of likely N-dealkylation sites (N-methyl/N-ethyl adjacent to an activating group) is 1. The van der Waals surface area contributed by atoms with Gasteiger partial charge in [-0.05, 0) is 32.2 Å². The second-order valence-electron chi connectivity index (χ2n) is 5.06. The Labute approximate surface area is 114 Å². The van der Waals surface area contributed by atoms with Crippen LogP contribution in [0.5, 0.6) is 0 Å². The van der Waals surface area contributed by atoms with Crippen molar-refractivity contribution in [3.05, 3.63) is 47.7 Å². The Morgan fingerprint density at radius 3 is 2.68 bits per heavy atom. The van der Waals surface area contributed by atoms with E-state index in [0.717, 1.165) is 12.2 Å². The molecule has 1 N–H and O–H groups in total. The average Bonchev–Trinajstić information content (AvgIpc) is 2.42. The van der Waals surface area contributed by atoms with Crippen LogP contribution in [0, 0.1) is 5.92 Å². The lowest BCUT2D eigenvalue weighted by Crippen LogP contribution is -2.40. The Morgan fingerprint density at radius 2 is 2.00 bits per heavy atom. The standard InChI is InChI=1S/C15H20N2O2/c1-11-10-17(3)12(2)9-14(11)16-19-15(18)13-7-5-4-6-8-13/h4-9,11-12,16H,10H2,1-3H3. The first kappa shape index (κ1) is 13.6. The van der Waals surface area contributed by atoms with Gasteiger partial charge in [-0.3, -0.25) is 4.90 Å². The number of hydrogen-bond acceptors (Lipinski definition) is 4. The molecule has 1 heterocycles. The number of benzene rings is 1. The lowest BCUT2D eigenvalue weighted by molar-refractivity contribution is 0.0287. The van der Waals surface area contributed by atoms with Crippen molar-refractivity contribution in [2.75, 3.05) is 13.6 Å². The topological polar surface area (TPSA) is 41.6 Å². The van der Waals surface area contributed by atoms with Gasteiger partial charge in [0.15, 0.2) is 0 Å². The molecule has 0 aromatic heterocycles. The summed E-state index contributed by atoms with van der Waals surface area (Å²) in [6.07, 6.45) is 2.09. The third kappa shape index (κ3) is 3.35. The monoisotopic (exact) mass is 260 g/mol. The molecule has 4 nitrogen and oxygen atoms in total. The highest BCUT2D eigenvalue weighted by Gasteiger charge is 2.22. The summed E-state index contributed by atoms with van der Waals surface area (Å²) in [6, 6.07) is 9.31. The van der Waals surface area contributed by atoms with Crippen LogP contribution < -0.4 is 5.48 Å². The van der Waals surface area contributed by atoms with Crippen LogP contribution in [0.3, 0.4) is 0 Å². The fourth-order valence-electron chi connectivity index (χ4n) is 2.12. The van der Waals surface area contributed by atoms with Gasteiger partial charge in [-0.2, -0.15) is 0 Å². The van der Waals surface area contributed by atoms with Gasteiger partial charge in [0.2, 0.25) is 0 Å². The molecule has 0 radical (unpaired) electrons. The molecule has 0 saturated carbocycles.